The number of methoxy groups -OCH3 is 1. The van der Waals surface area contributed by atoms with Crippen molar-refractivity contribution in [2.45, 2.75) is 18.9 Å². The Morgan fingerprint density at radius 3 is 2.50 bits per heavy atom. The minimum atomic E-state index is 0.429. The number of ether oxygens (including phenoxy) is 1. The quantitative estimate of drug-likeness (QED) is 0.570. The lowest BCUT2D eigenvalue weighted by atomic mass is 10.3. The highest BCUT2D eigenvalue weighted by molar-refractivity contribution is 7.80. The van der Waals surface area contributed by atoms with E-state index in [1.54, 1.807) is 7.11 Å². The maximum Gasteiger partial charge on any atom is 0.0687 e. The fourth-order valence-corrected chi connectivity index (χ4v) is 1.33. The van der Waals surface area contributed by atoms with Crippen molar-refractivity contribution in [2.24, 2.45) is 5.92 Å². The van der Waals surface area contributed by atoms with E-state index in [0.29, 0.717) is 6.10 Å². The van der Waals surface area contributed by atoms with E-state index in [4.69, 9.17) is 4.74 Å². The summed E-state index contributed by atoms with van der Waals surface area (Å²) in [6, 6.07) is 0. The first kappa shape index (κ1) is 6.43. The summed E-state index contributed by atoms with van der Waals surface area (Å²) in [5.74, 6) is 1.71. The lowest BCUT2D eigenvalue weighted by Crippen LogP contribution is -2.14. The summed E-state index contributed by atoms with van der Waals surface area (Å²) in [4.78, 5) is 0. The Labute approximate surface area is 55.8 Å². The van der Waals surface area contributed by atoms with Crippen LogP contribution in [0.25, 0.3) is 0 Å². The predicted molar refractivity (Wildman–Crippen MR) is 37.4 cm³/mol. The van der Waals surface area contributed by atoms with Crippen molar-refractivity contribution >= 4 is 12.6 Å². The van der Waals surface area contributed by atoms with Gasteiger partial charge in [-0.05, 0) is 18.8 Å². The van der Waals surface area contributed by atoms with Crippen molar-refractivity contribution in [2.75, 3.05) is 12.9 Å². The van der Waals surface area contributed by atoms with Crippen LogP contribution in [-0.2, 0) is 4.74 Å². The summed E-state index contributed by atoms with van der Waals surface area (Å²) in [7, 11) is 1.76. The molecule has 1 nitrogen and oxygen atoms in total. The highest BCUT2D eigenvalue weighted by atomic mass is 32.1. The number of thiol groups is 1. The number of rotatable bonds is 3. The van der Waals surface area contributed by atoms with Gasteiger partial charge in [0.05, 0.1) is 6.10 Å². The maximum atomic E-state index is 5.15. The topological polar surface area (TPSA) is 9.23 Å². The summed E-state index contributed by atoms with van der Waals surface area (Å²) in [5, 5.41) is 0. The molecule has 8 heavy (non-hydrogen) atoms. The van der Waals surface area contributed by atoms with Crippen LogP contribution in [0.2, 0.25) is 0 Å². The van der Waals surface area contributed by atoms with Gasteiger partial charge in [-0.2, -0.15) is 12.6 Å². The molecule has 1 saturated carbocycles. The van der Waals surface area contributed by atoms with Crippen molar-refractivity contribution < 1.29 is 4.74 Å². The van der Waals surface area contributed by atoms with Gasteiger partial charge in [-0.25, -0.2) is 0 Å². The molecule has 1 aliphatic rings. The van der Waals surface area contributed by atoms with Crippen molar-refractivity contribution in [1.82, 2.24) is 0 Å². The molecule has 0 heterocycles. The first-order valence-electron chi connectivity index (χ1n) is 3.02. The van der Waals surface area contributed by atoms with Gasteiger partial charge in [0.2, 0.25) is 0 Å². The van der Waals surface area contributed by atoms with Crippen LogP contribution in [0.15, 0.2) is 0 Å². The third-order valence-electron chi connectivity index (χ3n) is 1.63. The molecule has 48 valence electrons. The standard InChI is InChI=1S/C6H12OS/c1-7-6(4-8)5-2-3-5/h5-6,8H,2-4H2,1H3. The molecule has 0 spiro atoms. The number of hydrogen-bond acceptors (Lipinski definition) is 2. The van der Waals surface area contributed by atoms with E-state index in [1.807, 2.05) is 0 Å². The zero-order valence-corrected chi connectivity index (χ0v) is 6.03. The fraction of sp³-hybridized carbons (Fsp3) is 1.00. The molecule has 0 aromatic heterocycles. The van der Waals surface area contributed by atoms with Crippen LogP contribution in [0.3, 0.4) is 0 Å². The Bertz CT molecular complexity index is 66.9. The van der Waals surface area contributed by atoms with Crippen molar-refractivity contribution in [3.63, 3.8) is 0 Å². The summed E-state index contributed by atoms with van der Waals surface area (Å²) < 4.78 is 5.15. The zero-order chi connectivity index (χ0) is 5.98. The van der Waals surface area contributed by atoms with Crippen LogP contribution in [0.5, 0.6) is 0 Å². The zero-order valence-electron chi connectivity index (χ0n) is 5.13. The van der Waals surface area contributed by atoms with Crippen molar-refractivity contribution in [3.05, 3.63) is 0 Å². The molecule has 1 atom stereocenters. The van der Waals surface area contributed by atoms with Gasteiger partial charge in [-0.15, -0.1) is 0 Å². The second-order valence-electron chi connectivity index (χ2n) is 2.29. The van der Waals surface area contributed by atoms with Crippen LogP contribution in [0, 0.1) is 5.92 Å². The van der Waals surface area contributed by atoms with E-state index in [1.165, 1.54) is 12.8 Å². The Kier molecular flexibility index (Phi) is 2.20. The van der Waals surface area contributed by atoms with E-state index in [-0.39, 0.29) is 0 Å². The van der Waals surface area contributed by atoms with Gasteiger partial charge in [-0.1, -0.05) is 0 Å². The van der Waals surface area contributed by atoms with E-state index >= 15 is 0 Å². The second kappa shape index (κ2) is 2.74. The van der Waals surface area contributed by atoms with Gasteiger partial charge in [0, 0.05) is 12.9 Å². The lowest BCUT2D eigenvalue weighted by Gasteiger charge is -2.08. The molecule has 0 radical (unpaired) electrons. The van der Waals surface area contributed by atoms with Gasteiger partial charge in [0.15, 0.2) is 0 Å². The average Bonchev–Trinajstić information content (AvgIpc) is 2.53. The van der Waals surface area contributed by atoms with E-state index in [2.05, 4.69) is 12.6 Å². The largest absolute Gasteiger partial charge is 0.380 e. The average molecular weight is 132 g/mol. The predicted octanol–water partition coefficient (Wildman–Crippen LogP) is 1.34. The molecular formula is C6H12OS. The molecule has 1 fully saturated rings. The summed E-state index contributed by atoms with van der Waals surface area (Å²) in [5.41, 5.74) is 0. The van der Waals surface area contributed by atoms with E-state index in [9.17, 15) is 0 Å². The molecule has 0 aromatic rings. The van der Waals surface area contributed by atoms with Crippen LogP contribution in [0.4, 0.5) is 0 Å². The Balaban J connectivity index is 2.15. The second-order valence-corrected chi connectivity index (χ2v) is 2.66. The summed E-state index contributed by atoms with van der Waals surface area (Å²) >= 11 is 4.15. The van der Waals surface area contributed by atoms with Gasteiger partial charge in [0.25, 0.3) is 0 Å². The highest BCUT2D eigenvalue weighted by Crippen LogP contribution is 2.34. The summed E-state index contributed by atoms with van der Waals surface area (Å²) in [6.07, 6.45) is 3.12. The minimum Gasteiger partial charge on any atom is -0.380 e. The van der Waals surface area contributed by atoms with Gasteiger partial charge < -0.3 is 4.74 Å². The Hall–Kier alpha value is 0.310. The van der Waals surface area contributed by atoms with Gasteiger partial charge in [0.1, 0.15) is 0 Å². The summed E-state index contributed by atoms with van der Waals surface area (Å²) in [6.45, 7) is 0. The molecule has 1 unspecified atom stereocenters. The molecule has 0 aliphatic heterocycles. The molecular weight excluding hydrogens is 120 g/mol. The van der Waals surface area contributed by atoms with E-state index in [0.717, 1.165) is 11.7 Å². The maximum absolute atomic E-state index is 5.15. The smallest absolute Gasteiger partial charge is 0.0687 e. The van der Waals surface area contributed by atoms with Crippen LogP contribution in [-0.4, -0.2) is 19.0 Å². The van der Waals surface area contributed by atoms with Crippen molar-refractivity contribution in [3.8, 4) is 0 Å². The molecule has 0 saturated heterocycles. The van der Waals surface area contributed by atoms with Gasteiger partial charge in [-0.3, -0.25) is 0 Å². The van der Waals surface area contributed by atoms with Crippen molar-refractivity contribution in [1.29, 1.82) is 0 Å². The Morgan fingerprint density at radius 1 is 1.75 bits per heavy atom. The molecule has 1 aliphatic carbocycles. The molecule has 0 bridgehead atoms. The molecule has 1 rings (SSSR count). The lowest BCUT2D eigenvalue weighted by molar-refractivity contribution is 0.104. The highest BCUT2D eigenvalue weighted by Gasteiger charge is 2.29. The third-order valence-corrected chi connectivity index (χ3v) is 1.99. The first-order chi connectivity index (χ1) is 3.88. The minimum absolute atomic E-state index is 0.429. The Morgan fingerprint density at radius 2 is 2.38 bits per heavy atom. The third kappa shape index (κ3) is 1.39. The van der Waals surface area contributed by atoms with Crippen LogP contribution < -0.4 is 0 Å². The van der Waals surface area contributed by atoms with Crippen LogP contribution >= 0.6 is 12.6 Å². The molecule has 0 N–H and O–H groups in total. The normalized spacial score (nSPS) is 23.2. The molecule has 2 heteroatoms. The SMILES string of the molecule is COC(CS)C1CC1. The first-order valence-corrected chi connectivity index (χ1v) is 3.65. The molecule has 0 amide bonds. The molecule has 0 aromatic carbocycles. The fourth-order valence-electron chi connectivity index (χ4n) is 0.884. The van der Waals surface area contributed by atoms with Crippen LogP contribution in [0.1, 0.15) is 12.8 Å². The van der Waals surface area contributed by atoms with E-state index < -0.39 is 0 Å². The van der Waals surface area contributed by atoms with Gasteiger partial charge >= 0.3 is 0 Å². The number of hydrogen-bond donors (Lipinski definition) is 1. The monoisotopic (exact) mass is 132 g/mol.